The summed E-state index contributed by atoms with van der Waals surface area (Å²) in [7, 11) is 0. The van der Waals surface area contributed by atoms with Crippen LogP contribution in [0.5, 0.6) is 0 Å². The van der Waals surface area contributed by atoms with Gasteiger partial charge >= 0.3 is 0 Å². The van der Waals surface area contributed by atoms with Gasteiger partial charge in [0.1, 0.15) is 11.7 Å². The van der Waals surface area contributed by atoms with Crippen molar-refractivity contribution in [3.8, 4) is 0 Å². The predicted molar refractivity (Wildman–Crippen MR) is 93.7 cm³/mol. The molecular weight excluding hydrogens is 304 g/mol. The third-order valence-corrected chi connectivity index (χ3v) is 5.97. The van der Waals surface area contributed by atoms with Gasteiger partial charge < -0.3 is 19.7 Å². The summed E-state index contributed by atoms with van der Waals surface area (Å²) in [6.45, 7) is 12.5. The Hall–Kier alpha value is -0.940. The smallest absolute Gasteiger partial charge is 0.118 e. The summed E-state index contributed by atoms with van der Waals surface area (Å²) in [6.07, 6.45) is 5.69. The zero-order valence-electron chi connectivity index (χ0n) is 14.9. The van der Waals surface area contributed by atoms with Crippen LogP contribution in [0.3, 0.4) is 0 Å². The maximum absolute atomic E-state index is 11.1. The van der Waals surface area contributed by atoms with Crippen molar-refractivity contribution in [2.24, 2.45) is 0 Å². The zero-order valence-corrected chi connectivity index (χ0v) is 14.9. The third kappa shape index (κ3) is 3.25. The van der Waals surface area contributed by atoms with Crippen molar-refractivity contribution < 1.29 is 19.7 Å². The highest BCUT2D eigenvalue weighted by Gasteiger charge is 2.45. The minimum Gasteiger partial charge on any atom is -0.387 e. The summed E-state index contributed by atoms with van der Waals surface area (Å²) in [6, 6.07) is 0. The van der Waals surface area contributed by atoms with Gasteiger partial charge in [-0.1, -0.05) is 24.8 Å². The molecule has 0 unspecified atom stereocenters. The van der Waals surface area contributed by atoms with Crippen molar-refractivity contribution in [3.05, 3.63) is 36.0 Å². The highest BCUT2D eigenvalue weighted by atomic mass is 16.5. The van der Waals surface area contributed by atoms with E-state index in [1.54, 1.807) is 0 Å². The monoisotopic (exact) mass is 334 g/mol. The van der Waals surface area contributed by atoms with E-state index in [-0.39, 0.29) is 18.3 Å². The van der Waals surface area contributed by atoms with E-state index in [1.807, 2.05) is 19.9 Å². The minimum atomic E-state index is -1.02. The SMILES string of the molecule is C=C1CC[C@@]2(O)C(=C)CO[C@H]2/C=C(\C)CC[C@@H]2O[C@H]1CC[C@]2(C)O. The minimum absolute atomic E-state index is 0.0448. The van der Waals surface area contributed by atoms with Crippen LogP contribution in [0.25, 0.3) is 0 Å². The summed E-state index contributed by atoms with van der Waals surface area (Å²) in [4.78, 5) is 0. The molecule has 134 valence electrons. The first-order valence-electron chi connectivity index (χ1n) is 8.97. The molecule has 2 saturated heterocycles. The summed E-state index contributed by atoms with van der Waals surface area (Å²) < 4.78 is 12.0. The number of ether oxygens (including phenoxy) is 2. The first-order chi connectivity index (χ1) is 11.2. The standard InChI is InChI=1S/C20H30O4/c1-13-5-6-17-19(4,21)9-8-16(24-17)14(2)7-10-20(22)15(3)12-23-18(20)11-13/h11,16-18,21-22H,2-3,5-10,12H2,1,4H3/b13-11+/t16-,17-,18-,19-,20+/m0/s1. The number of hydrogen-bond donors (Lipinski definition) is 2. The first-order valence-corrected chi connectivity index (χ1v) is 8.97. The highest BCUT2D eigenvalue weighted by molar-refractivity contribution is 5.27. The first kappa shape index (κ1) is 17.9. The molecule has 0 spiro atoms. The molecule has 0 amide bonds. The second-order valence-electron chi connectivity index (χ2n) is 7.98. The number of fused-ring (bicyclic) bond motifs is 3. The highest BCUT2D eigenvalue weighted by Crippen LogP contribution is 2.40. The molecule has 0 aromatic rings. The van der Waals surface area contributed by atoms with E-state index >= 15 is 0 Å². The van der Waals surface area contributed by atoms with Gasteiger partial charge in [0.25, 0.3) is 0 Å². The Morgan fingerprint density at radius 3 is 2.67 bits per heavy atom. The van der Waals surface area contributed by atoms with E-state index in [0.717, 1.165) is 36.0 Å². The molecule has 0 aromatic heterocycles. The van der Waals surface area contributed by atoms with E-state index in [4.69, 9.17) is 9.47 Å². The van der Waals surface area contributed by atoms with Crippen LogP contribution in [0.4, 0.5) is 0 Å². The molecule has 4 nitrogen and oxygen atoms in total. The van der Waals surface area contributed by atoms with Crippen molar-refractivity contribution in [2.45, 2.75) is 81.9 Å². The number of aliphatic hydroxyl groups is 2. The average molecular weight is 334 g/mol. The van der Waals surface area contributed by atoms with Crippen LogP contribution in [-0.2, 0) is 9.47 Å². The van der Waals surface area contributed by atoms with Gasteiger partial charge in [-0.05, 0) is 63.5 Å². The lowest BCUT2D eigenvalue weighted by Gasteiger charge is -2.42. The molecule has 3 aliphatic rings. The molecule has 5 atom stereocenters. The van der Waals surface area contributed by atoms with Crippen molar-refractivity contribution >= 4 is 0 Å². The largest absolute Gasteiger partial charge is 0.387 e. The van der Waals surface area contributed by atoms with Crippen molar-refractivity contribution in [2.75, 3.05) is 6.61 Å². The Morgan fingerprint density at radius 1 is 1.17 bits per heavy atom. The maximum atomic E-state index is 11.1. The number of allylic oxidation sites excluding steroid dienone is 1. The molecule has 24 heavy (non-hydrogen) atoms. The second kappa shape index (κ2) is 6.41. The van der Waals surface area contributed by atoms with Crippen LogP contribution in [0.15, 0.2) is 36.0 Å². The molecular formula is C20H30O4. The fourth-order valence-corrected chi connectivity index (χ4v) is 4.05. The summed E-state index contributed by atoms with van der Waals surface area (Å²) >= 11 is 0. The molecule has 3 heterocycles. The van der Waals surface area contributed by atoms with E-state index in [9.17, 15) is 10.2 Å². The Labute approximate surface area is 144 Å². The summed E-state index contributed by atoms with van der Waals surface area (Å²) in [5.41, 5.74) is 1.06. The Kier molecular flexibility index (Phi) is 4.77. The quantitative estimate of drug-likeness (QED) is 0.669. The van der Waals surface area contributed by atoms with Crippen LogP contribution in [0, 0.1) is 0 Å². The Bertz CT molecular complexity index is 562. The molecule has 2 fully saturated rings. The third-order valence-electron chi connectivity index (χ3n) is 5.97. The van der Waals surface area contributed by atoms with Gasteiger partial charge in [0.2, 0.25) is 0 Å². The van der Waals surface area contributed by atoms with Gasteiger partial charge in [0, 0.05) is 0 Å². The topological polar surface area (TPSA) is 58.9 Å². The van der Waals surface area contributed by atoms with Crippen LogP contribution < -0.4 is 0 Å². The maximum Gasteiger partial charge on any atom is 0.118 e. The van der Waals surface area contributed by atoms with E-state index < -0.39 is 11.2 Å². The zero-order chi connectivity index (χ0) is 17.5. The van der Waals surface area contributed by atoms with E-state index in [0.29, 0.717) is 25.9 Å². The van der Waals surface area contributed by atoms with Crippen LogP contribution >= 0.6 is 0 Å². The molecule has 2 bridgehead atoms. The lowest BCUT2D eigenvalue weighted by Crippen LogP contribution is -2.48. The fraction of sp³-hybridized carbons (Fsp3) is 0.700. The van der Waals surface area contributed by atoms with Crippen LogP contribution in [0.2, 0.25) is 0 Å². The van der Waals surface area contributed by atoms with Gasteiger partial charge in [0.15, 0.2) is 0 Å². The molecule has 4 heteroatoms. The molecule has 3 rings (SSSR count). The number of hydrogen-bond acceptors (Lipinski definition) is 4. The van der Waals surface area contributed by atoms with Gasteiger partial charge in [-0.15, -0.1) is 0 Å². The predicted octanol–water partition coefficient (Wildman–Crippen LogP) is 3.05. The van der Waals surface area contributed by atoms with Crippen molar-refractivity contribution in [1.29, 1.82) is 0 Å². The van der Waals surface area contributed by atoms with Gasteiger partial charge in [-0.2, -0.15) is 0 Å². The lowest BCUT2D eigenvalue weighted by atomic mass is 9.80. The molecule has 2 N–H and O–H groups in total. The average Bonchev–Trinajstić information content (AvgIpc) is 2.79. The molecule has 0 aliphatic carbocycles. The molecule has 0 saturated carbocycles. The normalized spacial score (nSPS) is 46.5. The van der Waals surface area contributed by atoms with Gasteiger partial charge in [-0.3, -0.25) is 0 Å². The Balaban J connectivity index is 1.88. The molecule has 0 aromatic carbocycles. The Morgan fingerprint density at radius 2 is 1.92 bits per heavy atom. The van der Waals surface area contributed by atoms with Gasteiger partial charge in [-0.25, -0.2) is 0 Å². The molecule has 3 aliphatic heterocycles. The fourth-order valence-electron chi connectivity index (χ4n) is 4.05. The molecule has 0 radical (unpaired) electrons. The number of rotatable bonds is 0. The van der Waals surface area contributed by atoms with Gasteiger partial charge in [0.05, 0.1) is 24.4 Å². The van der Waals surface area contributed by atoms with Crippen molar-refractivity contribution in [3.63, 3.8) is 0 Å². The van der Waals surface area contributed by atoms with Crippen LogP contribution in [-0.4, -0.2) is 46.3 Å². The second-order valence-corrected chi connectivity index (χ2v) is 7.98. The summed E-state index contributed by atoms with van der Waals surface area (Å²) in [5.74, 6) is 0. The van der Waals surface area contributed by atoms with E-state index in [1.165, 1.54) is 0 Å². The summed E-state index contributed by atoms with van der Waals surface area (Å²) in [5, 5.41) is 21.8. The van der Waals surface area contributed by atoms with Crippen molar-refractivity contribution in [1.82, 2.24) is 0 Å². The van der Waals surface area contributed by atoms with Crippen LogP contribution in [0.1, 0.15) is 52.4 Å². The lowest BCUT2D eigenvalue weighted by molar-refractivity contribution is -0.160. The van der Waals surface area contributed by atoms with E-state index in [2.05, 4.69) is 13.2 Å².